The predicted molar refractivity (Wildman–Crippen MR) is 72.8 cm³/mol. The van der Waals surface area contributed by atoms with Crippen LogP contribution in [0.5, 0.6) is 5.75 Å². The monoisotopic (exact) mass is 250 g/mol. The molecular weight excluding hydrogens is 236 g/mol. The molecule has 0 unspecified atom stereocenters. The molecular formula is C13H14OS2. The second-order valence-corrected chi connectivity index (χ2v) is 5.67. The third-order valence-corrected chi connectivity index (χ3v) is 3.45. The molecule has 0 spiro atoms. The molecule has 2 aromatic rings. The molecule has 84 valence electrons. The number of benzene rings is 1. The summed E-state index contributed by atoms with van der Waals surface area (Å²) >= 11 is 6.00. The summed E-state index contributed by atoms with van der Waals surface area (Å²) < 4.78 is 6.81. The van der Waals surface area contributed by atoms with Gasteiger partial charge in [0.1, 0.15) is 5.75 Å². The fraction of sp³-hybridized carbons (Fsp3) is 0.231. The third kappa shape index (κ3) is 2.60. The summed E-state index contributed by atoms with van der Waals surface area (Å²) in [5.41, 5.74) is 1.14. The molecule has 0 saturated heterocycles. The van der Waals surface area contributed by atoms with Gasteiger partial charge in [0.2, 0.25) is 0 Å². The number of hydrogen-bond acceptors (Lipinski definition) is 3. The maximum atomic E-state index is 5.79. The topological polar surface area (TPSA) is 9.23 Å². The SMILES string of the molecule is CC(C)Oc1ccccc1-c1ccc(S)s1. The van der Waals surface area contributed by atoms with Crippen LogP contribution in [0.1, 0.15) is 13.8 Å². The molecule has 0 radical (unpaired) electrons. The van der Waals surface area contributed by atoms with Crippen LogP contribution in [0, 0.1) is 0 Å². The predicted octanol–water partition coefficient (Wildman–Crippen LogP) is 4.49. The van der Waals surface area contributed by atoms with Crippen LogP contribution in [0.25, 0.3) is 10.4 Å². The van der Waals surface area contributed by atoms with Crippen LogP contribution < -0.4 is 4.74 Å². The van der Waals surface area contributed by atoms with Gasteiger partial charge in [-0.05, 0) is 38.1 Å². The number of hydrogen-bond donors (Lipinski definition) is 1. The zero-order valence-corrected chi connectivity index (χ0v) is 11.0. The van der Waals surface area contributed by atoms with E-state index in [0.29, 0.717) is 0 Å². The van der Waals surface area contributed by atoms with Crippen molar-refractivity contribution in [3.8, 4) is 16.2 Å². The minimum Gasteiger partial charge on any atom is -0.490 e. The Morgan fingerprint density at radius 1 is 1.12 bits per heavy atom. The van der Waals surface area contributed by atoms with Gasteiger partial charge in [-0.1, -0.05) is 12.1 Å². The first-order valence-corrected chi connectivity index (χ1v) is 6.48. The second-order valence-electron chi connectivity index (χ2n) is 3.80. The van der Waals surface area contributed by atoms with Crippen molar-refractivity contribution in [2.45, 2.75) is 24.2 Å². The normalized spacial score (nSPS) is 10.8. The van der Waals surface area contributed by atoms with Crippen molar-refractivity contribution in [3.05, 3.63) is 36.4 Å². The highest BCUT2D eigenvalue weighted by Gasteiger charge is 2.08. The van der Waals surface area contributed by atoms with Crippen molar-refractivity contribution >= 4 is 24.0 Å². The van der Waals surface area contributed by atoms with Crippen molar-refractivity contribution in [1.29, 1.82) is 0 Å². The van der Waals surface area contributed by atoms with E-state index < -0.39 is 0 Å². The van der Waals surface area contributed by atoms with Crippen LogP contribution in [-0.4, -0.2) is 6.10 Å². The van der Waals surface area contributed by atoms with Crippen LogP contribution in [0.4, 0.5) is 0 Å². The molecule has 16 heavy (non-hydrogen) atoms. The highest BCUT2D eigenvalue weighted by atomic mass is 32.2. The minimum atomic E-state index is 0.191. The average molecular weight is 250 g/mol. The molecule has 0 aliphatic carbocycles. The van der Waals surface area contributed by atoms with Crippen LogP contribution in [0.15, 0.2) is 40.6 Å². The summed E-state index contributed by atoms with van der Waals surface area (Å²) in [6, 6.07) is 12.2. The lowest BCUT2D eigenvalue weighted by Crippen LogP contribution is -2.06. The smallest absolute Gasteiger partial charge is 0.128 e. The molecule has 1 aromatic carbocycles. The van der Waals surface area contributed by atoms with E-state index in [2.05, 4.69) is 24.8 Å². The van der Waals surface area contributed by atoms with Gasteiger partial charge in [-0.2, -0.15) is 0 Å². The summed E-state index contributed by atoms with van der Waals surface area (Å²) in [6.45, 7) is 4.07. The molecule has 1 heterocycles. The summed E-state index contributed by atoms with van der Waals surface area (Å²) in [5, 5.41) is 0. The Morgan fingerprint density at radius 2 is 1.88 bits per heavy atom. The summed E-state index contributed by atoms with van der Waals surface area (Å²) in [4.78, 5) is 1.20. The van der Waals surface area contributed by atoms with Crippen LogP contribution in [0.2, 0.25) is 0 Å². The Hall–Kier alpha value is -0.930. The standard InChI is InChI=1S/C13H14OS2/c1-9(2)14-11-6-4-3-5-10(11)12-7-8-13(15)16-12/h3-9,15H,1-2H3. The first-order chi connectivity index (χ1) is 7.66. The molecule has 0 saturated carbocycles. The Labute approximate surface area is 105 Å². The first kappa shape index (κ1) is 11.6. The van der Waals surface area contributed by atoms with E-state index in [1.807, 2.05) is 38.1 Å². The molecule has 2 rings (SSSR count). The van der Waals surface area contributed by atoms with Gasteiger partial charge in [-0.25, -0.2) is 0 Å². The van der Waals surface area contributed by atoms with Gasteiger partial charge < -0.3 is 4.74 Å². The van der Waals surface area contributed by atoms with E-state index in [1.54, 1.807) is 11.3 Å². The molecule has 0 aliphatic rings. The molecule has 0 amide bonds. The van der Waals surface area contributed by atoms with E-state index in [-0.39, 0.29) is 6.10 Å². The third-order valence-electron chi connectivity index (χ3n) is 2.11. The van der Waals surface area contributed by atoms with Gasteiger partial charge in [0.25, 0.3) is 0 Å². The quantitative estimate of drug-likeness (QED) is 0.790. The Morgan fingerprint density at radius 3 is 2.50 bits per heavy atom. The van der Waals surface area contributed by atoms with Gasteiger partial charge in [0.05, 0.1) is 10.3 Å². The maximum Gasteiger partial charge on any atom is 0.128 e. The highest BCUT2D eigenvalue weighted by Crippen LogP contribution is 2.36. The van der Waals surface area contributed by atoms with Gasteiger partial charge in [0.15, 0.2) is 0 Å². The molecule has 0 fully saturated rings. The summed E-state index contributed by atoms with van der Waals surface area (Å²) in [5.74, 6) is 0.938. The zero-order chi connectivity index (χ0) is 11.5. The van der Waals surface area contributed by atoms with E-state index >= 15 is 0 Å². The fourth-order valence-electron chi connectivity index (χ4n) is 1.50. The Bertz CT molecular complexity index is 474. The van der Waals surface area contributed by atoms with Crippen LogP contribution in [0.3, 0.4) is 0 Å². The lowest BCUT2D eigenvalue weighted by Gasteiger charge is -2.13. The summed E-state index contributed by atoms with van der Waals surface area (Å²) in [6.07, 6.45) is 0.191. The van der Waals surface area contributed by atoms with Gasteiger partial charge in [-0.15, -0.1) is 24.0 Å². The average Bonchev–Trinajstić information content (AvgIpc) is 2.65. The van der Waals surface area contributed by atoms with Gasteiger partial charge >= 0.3 is 0 Å². The maximum absolute atomic E-state index is 5.79. The zero-order valence-electron chi connectivity index (χ0n) is 9.31. The number of thiol groups is 1. The van der Waals surface area contributed by atoms with Crippen molar-refractivity contribution in [2.75, 3.05) is 0 Å². The Balaban J connectivity index is 2.40. The number of thiophene rings is 1. The molecule has 0 N–H and O–H groups in total. The lowest BCUT2D eigenvalue weighted by molar-refractivity contribution is 0.243. The molecule has 3 heteroatoms. The molecule has 0 atom stereocenters. The van der Waals surface area contributed by atoms with Crippen molar-refractivity contribution in [3.63, 3.8) is 0 Å². The number of para-hydroxylation sites is 1. The number of ether oxygens (including phenoxy) is 1. The fourth-order valence-corrected chi connectivity index (χ4v) is 2.64. The summed E-state index contributed by atoms with van der Waals surface area (Å²) in [7, 11) is 0. The molecule has 1 aromatic heterocycles. The van der Waals surface area contributed by atoms with E-state index in [4.69, 9.17) is 4.74 Å². The van der Waals surface area contributed by atoms with Crippen LogP contribution in [-0.2, 0) is 0 Å². The first-order valence-electron chi connectivity index (χ1n) is 5.21. The van der Waals surface area contributed by atoms with E-state index in [9.17, 15) is 0 Å². The van der Waals surface area contributed by atoms with Crippen molar-refractivity contribution < 1.29 is 4.74 Å². The van der Waals surface area contributed by atoms with Crippen molar-refractivity contribution in [2.24, 2.45) is 0 Å². The van der Waals surface area contributed by atoms with Gasteiger partial charge in [0, 0.05) is 10.4 Å². The Kier molecular flexibility index (Phi) is 3.56. The largest absolute Gasteiger partial charge is 0.490 e. The molecule has 1 nitrogen and oxygen atoms in total. The van der Waals surface area contributed by atoms with Gasteiger partial charge in [-0.3, -0.25) is 0 Å². The van der Waals surface area contributed by atoms with E-state index in [0.717, 1.165) is 15.5 Å². The second kappa shape index (κ2) is 4.93. The number of rotatable bonds is 3. The van der Waals surface area contributed by atoms with Crippen molar-refractivity contribution in [1.82, 2.24) is 0 Å². The minimum absolute atomic E-state index is 0.191. The molecule has 0 bridgehead atoms. The lowest BCUT2D eigenvalue weighted by atomic mass is 10.1. The van der Waals surface area contributed by atoms with E-state index in [1.165, 1.54) is 4.88 Å². The molecule has 0 aliphatic heterocycles. The van der Waals surface area contributed by atoms with Crippen LogP contribution >= 0.6 is 24.0 Å². The highest BCUT2D eigenvalue weighted by molar-refractivity contribution is 7.83.